The second kappa shape index (κ2) is 7.02. The number of ether oxygens (including phenoxy) is 2. The number of halogens is 6. The summed E-state index contributed by atoms with van der Waals surface area (Å²) in [4.78, 5) is 12.5. The van der Waals surface area contributed by atoms with E-state index in [1.54, 1.807) is 13.8 Å². The Balaban J connectivity index is 2.41. The second-order valence-electron chi connectivity index (χ2n) is 6.74. The summed E-state index contributed by atoms with van der Waals surface area (Å²) in [7, 11) is 1.11. The Bertz CT molecular complexity index is 762. The molecule has 1 fully saturated rings. The van der Waals surface area contributed by atoms with E-state index in [0.717, 1.165) is 7.11 Å². The Kier molecular flexibility index (Phi) is 5.67. The van der Waals surface area contributed by atoms with Crippen molar-refractivity contribution in [2.75, 3.05) is 7.11 Å². The number of allylic oxidation sites excluding steroid dienone is 1. The first-order valence-corrected chi connectivity index (χ1v) is 8.25. The average molecular weight is 415 g/mol. The number of benzene rings is 1. The molecule has 0 amide bonds. The van der Waals surface area contributed by atoms with Gasteiger partial charge in [-0.3, -0.25) is 4.79 Å². The number of rotatable bonds is 5. The SMILES string of the molecule is COCc1c(F)c(F)c(OC(=O)[C@]2(C)[C@H](C=C(Cl)Cl)C2(C)C)c(F)c1F. The molecule has 9 heteroatoms. The van der Waals surface area contributed by atoms with E-state index in [-0.39, 0.29) is 4.49 Å². The summed E-state index contributed by atoms with van der Waals surface area (Å²) < 4.78 is 65.3. The fourth-order valence-corrected chi connectivity index (χ4v) is 3.38. The quantitative estimate of drug-likeness (QED) is 0.284. The minimum absolute atomic E-state index is 0.0852. The zero-order valence-electron chi connectivity index (χ0n) is 14.4. The lowest BCUT2D eigenvalue weighted by Gasteiger charge is -2.16. The molecule has 1 aromatic carbocycles. The van der Waals surface area contributed by atoms with Crippen LogP contribution in [-0.4, -0.2) is 13.1 Å². The van der Waals surface area contributed by atoms with Gasteiger partial charge >= 0.3 is 5.97 Å². The van der Waals surface area contributed by atoms with Gasteiger partial charge in [-0.1, -0.05) is 37.0 Å². The maximum Gasteiger partial charge on any atom is 0.318 e. The highest BCUT2D eigenvalue weighted by Crippen LogP contribution is 2.70. The van der Waals surface area contributed by atoms with Gasteiger partial charge < -0.3 is 9.47 Å². The van der Waals surface area contributed by atoms with Crippen molar-refractivity contribution in [3.63, 3.8) is 0 Å². The van der Waals surface area contributed by atoms with Crippen LogP contribution in [0.4, 0.5) is 17.6 Å². The number of esters is 1. The largest absolute Gasteiger partial charge is 0.420 e. The van der Waals surface area contributed by atoms with Gasteiger partial charge in [0.2, 0.25) is 17.4 Å². The molecule has 0 aromatic heterocycles. The van der Waals surface area contributed by atoms with Crippen LogP contribution in [0.25, 0.3) is 0 Å². The predicted molar refractivity (Wildman–Crippen MR) is 87.8 cm³/mol. The van der Waals surface area contributed by atoms with Gasteiger partial charge in [0.05, 0.1) is 17.6 Å². The molecule has 0 bridgehead atoms. The van der Waals surface area contributed by atoms with Gasteiger partial charge in [-0.15, -0.1) is 0 Å². The summed E-state index contributed by atoms with van der Waals surface area (Å²) in [5, 5.41) is 0. The summed E-state index contributed by atoms with van der Waals surface area (Å²) in [5.74, 6) is -9.98. The number of hydrogen-bond acceptors (Lipinski definition) is 3. The zero-order chi connectivity index (χ0) is 20.0. The van der Waals surface area contributed by atoms with Gasteiger partial charge in [-0.2, -0.15) is 8.78 Å². The predicted octanol–water partition coefficient (Wildman–Crippen LogP) is 5.28. The van der Waals surface area contributed by atoms with Crippen molar-refractivity contribution in [2.45, 2.75) is 27.4 Å². The van der Waals surface area contributed by atoms with E-state index >= 15 is 0 Å². The number of methoxy groups -OCH3 is 1. The van der Waals surface area contributed by atoms with Crippen molar-refractivity contribution in [2.24, 2.45) is 16.7 Å². The highest BCUT2D eigenvalue weighted by Gasteiger charge is 2.72. The highest BCUT2D eigenvalue weighted by atomic mass is 35.5. The van der Waals surface area contributed by atoms with Crippen molar-refractivity contribution in [1.29, 1.82) is 0 Å². The monoisotopic (exact) mass is 414 g/mol. The summed E-state index contributed by atoms with van der Waals surface area (Å²) in [5.41, 5.74) is -2.87. The molecular formula is C17H16Cl2F4O3. The molecule has 2 rings (SSSR count). The summed E-state index contributed by atoms with van der Waals surface area (Å²) in [6.07, 6.45) is 1.40. The number of hydrogen-bond donors (Lipinski definition) is 0. The van der Waals surface area contributed by atoms with Crippen LogP contribution in [0.1, 0.15) is 26.3 Å². The molecule has 1 aliphatic rings. The minimum atomic E-state index is -1.81. The highest BCUT2D eigenvalue weighted by molar-refractivity contribution is 6.55. The van der Waals surface area contributed by atoms with Crippen molar-refractivity contribution in [3.05, 3.63) is 39.4 Å². The van der Waals surface area contributed by atoms with Crippen LogP contribution in [0.3, 0.4) is 0 Å². The Morgan fingerprint density at radius 3 is 2.00 bits per heavy atom. The van der Waals surface area contributed by atoms with Crippen LogP contribution >= 0.6 is 23.2 Å². The zero-order valence-corrected chi connectivity index (χ0v) is 15.9. The molecule has 144 valence electrons. The minimum Gasteiger partial charge on any atom is -0.420 e. The topological polar surface area (TPSA) is 35.5 Å². The molecule has 26 heavy (non-hydrogen) atoms. The second-order valence-corrected chi connectivity index (χ2v) is 7.75. The fraction of sp³-hybridized carbons (Fsp3) is 0.471. The maximum atomic E-state index is 14.1. The molecular weight excluding hydrogens is 399 g/mol. The van der Waals surface area contributed by atoms with Crippen molar-refractivity contribution >= 4 is 29.2 Å². The lowest BCUT2D eigenvalue weighted by Crippen LogP contribution is -2.25. The Morgan fingerprint density at radius 1 is 1.08 bits per heavy atom. The lowest BCUT2D eigenvalue weighted by molar-refractivity contribution is -0.141. The van der Waals surface area contributed by atoms with E-state index in [1.165, 1.54) is 13.0 Å². The van der Waals surface area contributed by atoms with Crippen molar-refractivity contribution in [3.8, 4) is 5.75 Å². The smallest absolute Gasteiger partial charge is 0.318 e. The normalized spacial score (nSPS) is 23.5. The molecule has 2 atom stereocenters. The van der Waals surface area contributed by atoms with Gasteiger partial charge in [-0.05, 0) is 18.4 Å². The van der Waals surface area contributed by atoms with Gasteiger partial charge in [0, 0.05) is 13.0 Å². The summed E-state index contributed by atoms with van der Waals surface area (Å²) >= 11 is 11.2. The molecule has 0 aliphatic heterocycles. The molecule has 0 saturated heterocycles. The molecule has 1 aromatic rings. The molecule has 0 spiro atoms. The van der Waals surface area contributed by atoms with E-state index in [0.29, 0.717) is 0 Å². The summed E-state index contributed by atoms with van der Waals surface area (Å²) in [6, 6.07) is 0. The van der Waals surface area contributed by atoms with Crippen LogP contribution in [0.2, 0.25) is 0 Å². The van der Waals surface area contributed by atoms with E-state index in [1.807, 2.05) is 0 Å². The van der Waals surface area contributed by atoms with Gasteiger partial charge in [-0.25, -0.2) is 8.78 Å². The molecule has 1 saturated carbocycles. The molecule has 0 N–H and O–H groups in total. The van der Waals surface area contributed by atoms with E-state index < -0.39 is 63.9 Å². The van der Waals surface area contributed by atoms with Gasteiger partial charge in [0.1, 0.15) is 4.49 Å². The average Bonchev–Trinajstić information content (AvgIpc) is 2.99. The first kappa shape index (κ1) is 21.0. The molecule has 0 heterocycles. The van der Waals surface area contributed by atoms with Gasteiger partial charge in [0.15, 0.2) is 11.6 Å². The first-order chi connectivity index (χ1) is 11.9. The first-order valence-electron chi connectivity index (χ1n) is 7.50. The molecule has 3 nitrogen and oxygen atoms in total. The van der Waals surface area contributed by atoms with Gasteiger partial charge in [0.25, 0.3) is 0 Å². The van der Waals surface area contributed by atoms with Crippen molar-refractivity contribution in [1.82, 2.24) is 0 Å². The van der Waals surface area contributed by atoms with Crippen molar-refractivity contribution < 1.29 is 31.8 Å². The van der Waals surface area contributed by atoms with Crippen LogP contribution < -0.4 is 4.74 Å². The van der Waals surface area contributed by atoms with E-state index in [4.69, 9.17) is 27.9 Å². The van der Waals surface area contributed by atoms with E-state index in [2.05, 4.69) is 4.74 Å². The molecule has 1 aliphatic carbocycles. The van der Waals surface area contributed by atoms with Crippen LogP contribution in [0.15, 0.2) is 10.6 Å². The Morgan fingerprint density at radius 2 is 1.58 bits per heavy atom. The van der Waals surface area contributed by atoms with Crippen LogP contribution in [-0.2, 0) is 16.1 Å². The molecule has 0 radical (unpaired) electrons. The Labute approximate surface area is 157 Å². The maximum absolute atomic E-state index is 14.1. The molecule has 0 unspecified atom stereocenters. The third-order valence-electron chi connectivity index (χ3n) is 5.17. The van der Waals surface area contributed by atoms with Crippen LogP contribution in [0.5, 0.6) is 5.75 Å². The standard InChI is InChI=1S/C17H16Cl2F4O3/c1-16(2)8(5-9(18)19)17(16,3)15(24)26-14-12(22)10(20)7(6-25-4)11(21)13(14)23/h5,8H,6H2,1-4H3/t8-,17+/m1/s1. The number of carbonyl (C=O) groups excluding carboxylic acids is 1. The lowest BCUT2D eigenvalue weighted by atomic mass is 9.98. The van der Waals surface area contributed by atoms with Crippen LogP contribution in [0, 0.1) is 40.0 Å². The third kappa shape index (κ3) is 3.10. The fourth-order valence-electron chi connectivity index (χ4n) is 3.13. The summed E-state index contributed by atoms with van der Waals surface area (Å²) in [6.45, 7) is 4.18. The van der Waals surface area contributed by atoms with E-state index in [9.17, 15) is 22.4 Å². The Hall–Kier alpha value is -1.31. The number of carbonyl (C=O) groups is 1. The third-order valence-corrected chi connectivity index (χ3v) is 5.42.